The molecule has 3 aliphatic rings. The molecule has 2 aliphatic heterocycles. The Hall–Kier alpha value is -3.50. The normalized spacial score (nSPS) is 25.6. The van der Waals surface area contributed by atoms with Crippen LogP contribution in [0.1, 0.15) is 77.3 Å². The largest absolute Gasteiger partial charge is 0.481 e. The lowest BCUT2D eigenvalue weighted by molar-refractivity contribution is -0.138. The summed E-state index contributed by atoms with van der Waals surface area (Å²) in [7, 11) is 0. The summed E-state index contributed by atoms with van der Waals surface area (Å²) >= 11 is 0. The van der Waals surface area contributed by atoms with Crippen LogP contribution in [-0.2, 0) is 20.6 Å². The highest BCUT2D eigenvalue weighted by Crippen LogP contribution is 2.48. The van der Waals surface area contributed by atoms with Crippen molar-refractivity contribution < 1.29 is 32.7 Å². The number of hydrogen-bond donors (Lipinski definition) is 2. The maximum Gasteiger partial charge on any atom is 0.416 e. The molecule has 2 atom stereocenters. The highest BCUT2D eigenvalue weighted by molar-refractivity contribution is 6.46. The number of aliphatic carboxylic acids is 1. The van der Waals surface area contributed by atoms with Gasteiger partial charge in [-0.05, 0) is 62.5 Å². The molecular weight excluding hydrogens is 537 g/mol. The summed E-state index contributed by atoms with van der Waals surface area (Å²) in [6.07, 6.45) is 1.68. The van der Waals surface area contributed by atoms with Crippen molar-refractivity contribution in [2.45, 2.75) is 84.1 Å². The third kappa shape index (κ3) is 6.54. The predicted molar refractivity (Wildman–Crippen MR) is 148 cm³/mol. The topological polar surface area (TPSA) is 111 Å². The molecule has 1 aromatic rings. The predicted octanol–water partition coefficient (Wildman–Crippen LogP) is 5.22. The summed E-state index contributed by atoms with van der Waals surface area (Å²) in [6, 6.07) is 4.20. The first-order valence-electron chi connectivity index (χ1n) is 14.0. The zero-order valence-corrected chi connectivity index (χ0v) is 23.8. The van der Waals surface area contributed by atoms with Gasteiger partial charge >= 0.3 is 12.1 Å². The van der Waals surface area contributed by atoms with Gasteiger partial charge in [0.1, 0.15) is 11.4 Å². The van der Waals surface area contributed by atoms with E-state index in [0.29, 0.717) is 30.9 Å². The minimum Gasteiger partial charge on any atom is -0.481 e. The smallest absolute Gasteiger partial charge is 0.416 e. The Kier molecular flexibility index (Phi) is 8.47. The quantitative estimate of drug-likeness (QED) is 0.465. The van der Waals surface area contributed by atoms with E-state index >= 15 is 0 Å². The van der Waals surface area contributed by atoms with E-state index < -0.39 is 41.2 Å². The highest BCUT2D eigenvalue weighted by atomic mass is 19.4. The number of allylic oxidation sites excluding steroid dienone is 1. The Balaban J connectivity index is 1.60. The zero-order chi connectivity index (χ0) is 30.2. The van der Waals surface area contributed by atoms with Gasteiger partial charge in [-0.1, -0.05) is 39.0 Å². The summed E-state index contributed by atoms with van der Waals surface area (Å²) in [5, 5.41) is 11.4. The van der Waals surface area contributed by atoms with Crippen molar-refractivity contribution in [1.29, 1.82) is 0 Å². The standard InChI is InChI=1S/C30H37F3N4O4/c1-18(23-9-8-20(17-35-23)26(40)34-15-12-24(38)39)37-27(41)25(19-6-5-7-22(16-19)30(31,32)33)36-29(37)13-10-21(11-14-29)28(2,3)4/h5-7,9,16-18,20-21H,8,10-15H2,1-4H3,(H,34,40)(H,38,39)/t18-,20?,21?,29?/m1/s1. The number of amides is 2. The van der Waals surface area contributed by atoms with Crippen molar-refractivity contribution in [3.05, 3.63) is 47.2 Å². The van der Waals surface area contributed by atoms with Gasteiger partial charge < -0.3 is 15.3 Å². The van der Waals surface area contributed by atoms with E-state index in [-0.39, 0.29) is 35.6 Å². The summed E-state index contributed by atoms with van der Waals surface area (Å²) in [4.78, 5) is 48.2. The number of carboxylic acids is 1. The molecule has 1 spiro atoms. The Morgan fingerprint density at radius 3 is 2.44 bits per heavy atom. The van der Waals surface area contributed by atoms with Gasteiger partial charge in [-0.3, -0.25) is 24.4 Å². The van der Waals surface area contributed by atoms with Gasteiger partial charge in [-0.2, -0.15) is 13.2 Å². The SMILES string of the molecule is C[C@H](C1=CCC(C(=O)NCCC(=O)O)C=N1)N1C(=O)C(c2cccc(C(F)(F)F)c2)=NC12CCC(C(C)(C)C)CC2. The van der Waals surface area contributed by atoms with Crippen LogP contribution in [0.2, 0.25) is 0 Å². The molecule has 8 nitrogen and oxygen atoms in total. The number of carbonyl (C=O) groups excluding carboxylic acids is 2. The third-order valence-electron chi connectivity index (χ3n) is 8.44. The van der Waals surface area contributed by atoms with Gasteiger partial charge in [0.25, 0.3) is 5.91 Å². The monoisotopic (exact) mass is 574 g/mol. The van der Waals surface area contributed by atoms with Crippen LogP contribution in [0.5, 0.6) is 0 Å². The highest BCUT2D eigenvalue weighted by Gasteiger charge is 2.52. The summed E-state index contributed by atoms with van der Waals surface area (Å²) in [5.41, 5.74) is -0.932. The van der Waals surface area contributed by atoms with E-state index in [9.17, 15) is 27.6 Å². The van der Waals surface area contributed by atoms with Crippen LogP contribution >= 0.6 is 0 Å². The van der Waals surface area contributed by atoms with E-state index in [0.717, 1.165) is 25.0 Å². The number of hydrogen-bond acceptors (Lipinski definition) is 5. The second-order valence-corrected chi connectivity index (χ2v) is 12.2. The maximum atomic E-state index is 14.0. The van der Waals surface area contributed by atoms with Gasteiger partial charge in [0.15, 0.2) is 0 Å². The molecule has 1 aliphatic carbocycles. The van der Waals surface area contributed by atoms with Crippen LogP contribution in [0.15, 0.2) is 46.0 Å². The molecule has 0 saturated heterocycles. The lowest BCUT2D eigenvalue weighted by Gasteiger charge is -2.47. The molecule has 0 aromatic heterocycles. The molecule has 1 fully saturated rings. The van der Waals surface area contributed by atoms with Crippen molar-refractivity contribution in [1.82, 2.24) is 10.2 Å². The Morgan fingerprint density at radius 1 is 1.20 bits per heavy atom. The number of carboxylic acid groups (broad SMARTS) is 1. The fourth-order valence-corrected chi connectivity index (χ4v) is 6.03. The zero-order valence-electron chi connectivity index (χ0n) is 23.8. The minimum absolute atomic E-state index is 0.0154. The summed E-state index contributed by atoms with van der Waals surface area (Å²) in [5.74, 6) is -1.92. The number of nitrogens with zero attached hydrogens (tertiary/aromatic N) is 3. The number of aliphatic imine (C=N–C) groups is 2. The number of halogens is 3. The Morgan fingerprint density at radius 2 is 1.88 bits per heavy atom. The number of alkyl halides is 3. The van der Waals surface area contributed by atoms with Crippen LogP contribution in [-0.4, -0.2) is 58.0 Å². The van der Waals surface area contributed by atoms with Gasteiger partial charge in [-0.15, -0.1) is 0 Å². The second kappa shape index (κ2) is 11.4. The molecule has 11 heteroatoms. The molecule has 2 heterocycles. The fraction of sp³-hybridized carbons (Fsp3) is 0.567. The van der Waals surface area contributed by atoms with E-state index in [4.69, 9.17) is 10.1 Å². The second-order valence-electron chi connectivity index (χ2n) is 12.2. The van der Waals surface area contributed by atoms with Gasteiger partial charge in [0.2, 0.25) is 5.91 Å². The lowest BCUT2D eigenvalue weighted by Crippen LogP contribution is -2.54. The van der Waals surface area contributed by atoms with Crippen molar-refractivity contribution in [3.63, 3.8) is 0 Å². The molecule has 2 amide bonds. The molecular formula is C30H37F3N4O4. The van der Waals surface area contributed by atoms with Crippen molar-refractivity contribution in [3.8, 4) is 0 Å². The number of carbonyl (C=O) groups is 3. The molecule has 1 unspecified atom stereocenters. The third-order valence-corrected chi connectivity index (χ3v) is 8.44. The summed E-state index contributed by atoms with van der Waals surface area (Å²) in [6.45, 7) is 8.40. The first-order valence-corrected chi connectivity index (χ1v) is 14.0. The van der Waals surface area contributed by atoms with E-state index in [1.807, 2.05) is 6.92 Å². The summed E-state index contributed by atoms with van der Waals surface area (Å²) < 4.78 is 40.4. The fourth-order valence-electron chi connectivity index (χ4n) is 6.03. The molecule has 2 N–H and O–H groups in total. The van der Waals surface area contributed by atoms with Crippen molar-refractivity contribution in [2.75, 3.05) is 6.54 Å². The number of benzene rings is 1. The first-order chi connectivity index (χ1) is 19.1. The van der Waals surface area contributed by atoms with Crippen LogP contribution in [0, 0.1) is 17.3 Å². The van der Waals surface area contributed by atoms with Crippen LogP contribution < -0.4 is 5.32 Å². The number of nitrogens with one attached hydrogen (secondary N) is 1. The first kappa shape index (κ1) is 30.5. The molecule has 41 heavy (non-hydrogen) atoms. The Labute approximate surface area is 237 Å². The van der Waals surface area contributed by atoms with E-state index in [1.165, 1.54) is 18.3 Å². The van der Waals surface area contributed by atoms with Gasteiger partial charge in [0, 0.05) is 18.3 Å². The van der Waals surface area contributed by atoms with Gasteiger partial charge in [-0.25, -0.2) is 0 Å². The Bertz CT molecular complexity index is 1290. The van der Waals surface area contributed by atoms with E-state index in [1.54, 1.807) is 11.0 Å². The van der Waals surface area contributed by atoms with Gasteiger partial charge in [0.05, 0.1) is 29.6 Å². The average Bonchev–Trinajstić information content (AvgIpc) is 3.18. The van der Waals surface area contributed by atoms with Crippen LogP contribution in [0.4, 0.5) is 13.2 Å². The minimum atomic E-state index is -4.55. The van der Waals surface area contributed by atoms with Crippen LogP contribution in [0.25, 0.3) is 0 Å². The maximum absolute atomic E-state index is 14.0. The lowest BCUT2D eigenvalue weighted by atomic mass is 9.69. The average molecular weight is 575 g/mol. The number of rotatable bonds is 7. The van der Waals surface area contributed by atoms with Crippen LogP contribution in [0.3, 0.4) is 0 Å². The van der Waals surface area contributed by atoms with Crippen molar-refractivity contribution >= 4 is 29.7 Å². The van der Waals surface area contributed by atoms with E-state index in [2.05, 4.69) is 31.1 Å². The molecule has 222 valence electrons. The molecule has 1 saturated carbocycles. The molecule has 0 bridgehead atoms. The van der Waals surface area contributed by atoms with Crippen molar-refractivity contribution in [2.24, 2.45) is 27.2 Å². The molecule has 0 radical (unpaired) electrons. The molecule has 4 rings (SSSR count). The molecule has 1 aromatic carbocycles.